The van der Waals surface area contributed by atoms with Gasteiger partial charge in [0.05, 0.1) is 12.0 Å². The lowest BCUT2D eigenvalue weighted by molar-refractivity contribution is 0.724. The van der Waals surface area contributed by atoms with E-state index in [1.807, 2.05) is 13.3 Å². The Kier molecular flexibility index (Phi) is 4.77. The van der Waals surface area contributed by atoms with E-state index < -0.39 is 0 Å². The van der Waals surface area contributed by atoms with Crippen molar-refractivity contribution >= 4 is 15.9 Å². The second kappa shape index (κ2) is 6.35. The molecule has 1 aromatic heterocycles. The maximum atomic E-state index is 4.34. The minimum atomic E-state index is 0.856. The van der Waals surface area contributed by atoms with Crippen LogP contribution in [-0.2, 0) is 13.1 Å². The molecule has 0 bridgehead atoms. The average molecular weight is 322 g/mol. The van der Waals surface area contributed by atoms with Gasteiger partial charge in [0.25, 0.3) is 0 Å². The van der Waals surface area contributed by atoms with Crippen LogP contribution in [-0.4, -0.2) is 16.1 Å². The number of benzene rings is 1. The van der Waals surface area contributed by atoms with E-state index in [1.165, 1.54) is 16.8 Å². The van der Waals surface area contributed by atoms with E-state index in [1.54, 1.807) is 0 Å². The third-order valence-electron chi connectivity index (χ3n) is 3.38. The van der Waals surface area contributed by atoms with Crippen LogP contribution in [0, 0.1) is 13.8 Å². The van der Waals surface area contributed by atoms with Crippen molar-refractivity contribution in [3.63, 3.8) is 0 Å². The van der Waals surface area contributed by atoms with E-state index in [2.05, 4.69) is 62.8 Å². The number of nitrogens with one attached hydrogen (secondary N) is 1. The molecule has 4 heteroatoms. The topological polar surface area (TPSA) is 29.9 Å². The van der Waals surface area contributed by atoms with Gasteiger partial charge in [-0.3, -0.25) is 0 Å². The molecular weight excluding hydrogens is 302 g/mol. The Morgan fingerprint density at radius 1 is 1.32 bits per heavy atom. The summed E-state index contributed by atoms with van der Waals surface area (Å²) in [5.74, 6) is 0. The van der Waals surface area contributed by atoms with Gasteiger partial charge >= 0.3 is 0 Å². The molecule has 0 atom stereocenters. The second-order valence-corrected chi connectivity index (χ2v) is 5.60. The molecule has 0 saturated heterocycles. The largest absolute Gasteiger partial charge is 0.330 e. The van der Waals surface area contributed by atoms with Crippen molar-refractivity contribution in [3.05, 3.63) is 51.5 Å². The molecule has 2 rings (SSSR count). The van der Waals surface area contributed by atoms with Gasteiger partial charge in [-0.05, 0) is 37.6 Å². The molecule has 0 fully saturated rings. The third kappa shape index (κ3) is 3.45. The molecule has 3 nitrogen and oxygen atoms in total. The van der Waals surface area contributed by atoms with Crippen LogP contribution in [0.3, 0.4) is 0 Å². The number of rotatable bonds is 5. The molecule has 19 heavy (non-hydrogen) atoms. The first-order valence-electron chi connectivity index (χ1n) is 6.58. The third-order valence-corrected chi connectivity index (χ3v) is 4.12. The Labute approximate surface area is 123 Å². The van der Waals surface area contributed by atoms with Gasteiger partial charge in [-0.1, -0.05) is 35.0 Å². The molecule has 0 unspecified atom stereocenters. The summed E-state index contributed by atoms with van der Waals surface area (Å²) < 4.78 is 3.34. The predicted octanol–water partition coefficient (Wildman–Crippen LogP) is 3.42. The lowest BCUT2D eigenvalue weighted by Crippen LogP contribution is -2.11. The van der Waals surface area contributed by atoms with Crippen molar-refractivity contribution in [1.82, 2.24) is 14.9 Å². The van der Waals surface area contributed by atoms with Crippen LogP contribution in [0.2, 0.25) is 0 Å². The van der Waals surface area contributed by atoms with E-state index in [0.29, 0.717) is 0 Å². The molecule has 0 aliphatic heterocycles. The van der Waals surface area contributed by atoms with E-state index in [4.69, 9.17) is 0 Å². The van der Waals surface area contributed by atoms with Gasteiger partial charge in [0.1, 0.15) is 0 Å². The van der Waals surface area contributed by atoms with Crippen LogP contribution >= 0.6 is 15.9 Å². The zero-order valence-corrected chi connectivity index (χ0v) is 13.3. The fourth-order valence-corrected chi connectivity index (χ4v) is 2.54. The SMILES string of the molecule is CCNCc1ccc(Cn2cnc(C)c2C)c(Br)c1. The Morgan fingerprint density at radius 3 is 2.68 bits per heavy atom. The summed E-state index contributed by atoms with van der Waals surface area (Å²) in [4.78, 5) is 4.34. The maximum Gasteiger partial charge on any atom is 0.0954 e. The zero-order chi connectivity index (χ0) is 13.8. The van der Waals surface area contributed by atoms with Crippen LogP contribution in [0.5, 0.6) is 0 Å². The molecule has 1 aromatic carbocycles. The maximum absolute atomic E-state index is 4.34. The molecule has 0 aliphatic carbocycles. The number of imidazole rings is 1. The van der Waals surface area contributed by atoms with Gasteiger partial charge in [0, 0.05) is 23.3 Å². The standard InChI is InChI=1S/C15H20BrN3/c1-4-17-8-13-5-6-14(15(16)7-13)9-19-10-18-11(2)12(19)3/h5-7,10,17H,4,8-9H2,1-3H3. The summed E-state index contributed by atoms with van der Waals surface area (Å²) in [6.07, 6.45) is 1.91. The van der Waals surface area contributed by atoms with Gasteiger partial charge in [-0.2, -0.15) is 0 Å². The Hall–Kier alpha value is -1.13. The Bertz CT molecular complexity index is 561. The molecule has 1 heterocycles. The minimum Gasteiger partial charge on any atom is -0.330 e. The van der Waals surface area contributed by atoms with Gasteiger partial charge in [-0.15, -0.1) is 0 Å². The summed E-state index contributed by atoms with van der Waals surface area (Å²) >= 11 is 3.67. The summed E-state index contributed by atoms with van der Waals surface area (Å²) in [6.45, 7) is 9.03. The normalized spacial score (nSPS) is 10.9. The molecule has 102 valence electrons. The molecule has 0 aliphatic rings. The lowest BCUT2D eigenvalue weighted by Gasteiger charge is -2.10. The summed E-state index contributed by atoms with van der Waals surface area (Å²) in [5.41, 5.74) is 4.90. The van der Waals surface area contributed by atoms with Crippen molar-refractivity contribution in [2.24, 2.45) is 0 Å². The fraction of sp³-hybridized carbons (Fsp3) is 0.400. The van der Waals surface area contributed by atoms with Crippen molar-refractivity contribution in [2.75, 3.05) is 6.54 Å². The van der Waals surface area contributed by atoms with Crippen LogP contribution in [0.15, 0.2) is 29.0 Å². The Balaban J connectivity index is 2.15. The molecule has 1 N–H and O–H groups in total. The molecule has 0 spiro atoms. The molecule has 2 aromatic rings. The zero-order valence-electron chi connectivity index (χ0n) is 11.7. The summed E-state index contributed by atoms with van der Waals surface area (Å²) in [7, 11) is 0. The number of aryl methyl sites for hydroxylation is 1. The first-order chi connectivity index (χ1) is 9.11. The quantitative estimate of drug-likeness (QED) is 0.914. The lowest BCUT2D eigenvalue weighted by atomic mass is 10.1. The highest BCUT2D eigenvalue weighted by atomic mass is 79.9. The molecule has 0 radical (unpaired) electrons. The van der Waals surface area contributed by atoms with Crippen molar-refractivity contribution in [1.29, 1.82) is 0 Å². The van der Waals surface area contributed by atoms with Crippen molar-refractivity contribution in [2.45, 2.75) is 33.9 Å². The van der Waals surface area contributed by atoms with Crippen LogP contribution in [0.25, 0.3) is 0 Å². The van der Waals surface area contributed by atoms with Gasteiger partial charge < -0.3 is 9.88 Å². The van der Waals surface area contributed by atoms with E-state index >= 15 is 0 Å². The first kappa shape index (κ1) is 14.3. The highest BCUT2D eigenvalue weighted by molar-refractivity contribution is 9.10. The van der Waals surface area contributed by atoms with Crippen LogP contribution < -0.4 is 5.32 Å². The number of hydrogen-bond acceptors (Lipinski definition) is 2. The second-order valence-electron chi connectivity index (χ2n) is 4.75. The van der Waals surface area contributed by atoms with E-state index in [9.17, 15) is 0 Å². The van der Waals surface area contributed by atoms with Crippen LogP contribution in [0.4, 0.5) is 0 Å². The van der Waals surface area contributed by atoms with Crippen molar-refractivity contribution < 1.29 is 0 Å². The summed E-state index contributed by atoms with van der Waals surface area (Å²) in [5, 5.41) is 3.34. The fourth-order valence-electron chi connectivity index (χ4n) is 1.99. The number of nitrogens with zero attached hydrogens (tertiary/aromatic N) is 2. The Morgan fingerprint density at radius 2 is 2.11 bits per heavy atom. The molecular formula is C15H20BrN3. The van der Waals surface area contributed by atoms with E-state index in [-0.39, 0.29) is 0 Å². The van der Waals surface area contributed by atoms with Crippen LogP contribution in [0.1, 0.15) is 29.4 Å². The minimum absolute atomic E-state index is 0.856. The smallest absolute Gasteiger partial charge is 0.0954 e. The monoisotopic (exact) mass is 321 g/mol. The number of halogens is 1. The average Bonchev–Trinajstić information content (AvgIpc) is 2.71. The number of aromatic nitrogens is 2. The number of hydrogen-bond donors (Lipinski definition) is 1. The van der Waals surface area contributed by atoms with E-state index in [0.717, 1.165) is 29.8 Å². The van der Waals surface area contributed by atoms with Gasteiger partial charge in [0.15, 0.2) is 0 Å². The van der Waals surface area contributed by atoms with Crippen molar-refractivity contribution in [3.8, 4) is 0 Å². The van der Waals surface area contributed by atoms with Gasteiger partial charge in [-0.25, -0.2) is 4.98 Å². The predicted molar refractivity (Wildman–Crippen MR) is 82.3 cm³/mol. The highest BCUT2D eigenvalue weighted by Gasteiger charge is 2.06. The highest BCUT2D eigenvalue weighted by Crippen LogP contribution is 2.20. The first-order valence-corrected chi connectivity index (χ1v) is 7.37. The summed E-state index contributed by atoms with van der Waals surface area (Å²) in [6, 6.07) is 6.56. The molecule has 0 saturated carbocycles. The molecule has 0 amide bonds. The van der Waals surface area contributed by atoms with Gasteiger partial charge in [0.2, 0.25) is 0 Å².